The highest BCUT2D eigenvalue weighted by molar-refractivity contribution is 5.87. The molecule has 1 N–H and O–H groups in total. The molecular formula is C19H21N3O4. The SMILES string of the molecule is CC(c1ccc2c(c1)OCO2)N1CCN(c2ccc(C(=O)O)cn2)CC1. The van der Waals surface area contributed by atoms with Gasteiger partial charge < -0.3 is 19.5 Å². The Labute approximate surface area is 151 Å². The van der Waals surface area contributed by atoms with E-state index in [-0.39, 0.29) is 11.6 Å². The number of carbonyl (C=O) groups is 1. The molecule has 2 aliphatic heterocycles. The van der Waals surface area contributed by atoms with E-state index >= 15 is 0 Å². The summed E-state index contributed by atoms with van der Waals surface area (Å²) in [7, 11) is 0. The third-order valence-corrected chi connectivity index (χ3v) is 5.06. The number of anilines is 1. The van der Waals surface area contributed by atoms with Crippen molar-refractivity contribution in [2.45, 2.75) is 13.0 Å². The predicted octanol–water partition coefficient (Wildman–Crippen LogP) is 2.39. The zero-order valence-corrected chi connectivity index (χ0v) is 14.6. The van der Waals surface area contributed by atoms with Crippen molar-refractivity contribution in [1.82, 2.24) is 9.88 Å². The zero-order chi connectivity index (χ0) is 18.1. The molecule has 3 heterocycles. The summed E-state index contributed by atoms with van der Waals surface area (Å²) in [6.07, 6.45) is 1.42. The summed E-state index contributed by atoms with van der Waals surface area (Å²) in [6, 6.07) is 9.79. The minimum absolute atomic E-state index is 0.212. The first-order valence-electron chi connectivity index (χ1n) is 8.70. The molecule has 0 amide bonds. The molecule has 136 valence electrons. The molecule has 1 aromatic heterocycles. The number of benzene rings is 1. The first-order chi connectivity index (χ1) is 12.6. The van der Waals surface area contributed by atoms with Crippen LogP contribution in [0.15, 0.2) is 36.5 Å². The molecule has 26 heavy (non-hydrogen) atoms. The fourth-order valence-electron chi connectivity index (χ4n) is 3.42. The molecule has 2 aromatic rings. The molecule has 1 atom stereocenters. The topological polar surface area (TPSA) is 75.1 Å². The predicted molar refractivity (Wildman–Crippen MR) is 96.0 cm³/mol. The Morgan fingerprint density at radius 1 is 1.12 bits per heavy atom. The second kappa shape index (κ2) is 6.84. The molecule has 7 nitrogen and oxygen atoms in total. The molecule has 1 fully saturated rings. The van der Waals surface area contributed by atoms with Crippen LogP contribution in [-0.4, -0.2) is 53.9 Å². The van der Waals surface area contributed by atoms with Crippen molar-refractivity contribution in [1.29, 1.82) is 0 Å². The molecule has 1 aromatic carbocycles. The van der Waals surface area contributed by atoms with E-state index in [4.69, 9.17) is 14.6 Å². The third-order valence-electron chi connectivity index (χ3n) is 5.06. The lowest BCUT2D eigenvalue weighted by Crippen LogP contribution is -2.47. The number of aromatic carboxylic acids is 1. The van der Waals surface area contributed by atoms with Gasteiger partial charge in [-0.15, -0.1) is 0 Å². The summed E-state index contributed by atoms with van der Waals surface area (Å²) < 4.78 is 10.9. The zero-order valence-electron chi connectivity index (χ0n) is 14.6. The van der Waals surface area contributed by atoms with Crippen LogP contribution >= 0.6 is 0 Å². The monoisotopic (exact) mass is 355 g/mol. The van der Waals surface area contributed by atoms with Gasteiger partial charge >= 0.3 is 5.97 Å². The Morgan fingerprint density at radius 3 is 2.58 bits per heavy atom. The number of carboxylic acid groups (broad SMARTS) is 1. The van der Waals surface area contributed by atoms with Crippen molar-refractivity contribution in [3.8, 4) is 11.5 Å². The number of carboxylic acids is 1. The van der Waals surface area contributed by atoms with Crippen LogP contribution in [0.1, 0.15) is 28.9 Å². The van der Waals surface area contributed by atoms with Gasteiger partial charge in [0.25, 0.3) is 0 Å². The smallest absolute Gasteiger partial charge is 0.337 e. The average Bonchev–Trinajstić information content (AvgIpc) is 3.15. The summed E-state index contributed by atoms with van der Waals surface area (Å²) in [5.74, 6) is 1.49. The fourth-order valence-corrected chi connectivity index (χ4v) is 3.42. The molecule has 0 saturated carbocycles. The van der Waals surface area contributed by atoms with Gasteiger partial charge in [0.1, 0.15) is 5.82 Å². The summed E-state index contributed by atoms with van der Waals surface area (Å²) in [6.45, 7) is 6.03. The van der Waals surface area contributed by atoms with Gasteiger partial charge in [0, 0.05) is 38.4 Å². The molecule has 4 rings (SSSR count). The van der Waals surface area contributed by atoms with Crippen LogP contribution in [0.4, 0.5) is 5.82 Å². The molecule has 0 aliphatic carbocycles. The van der Waals surface area contributed by atoms with E-state index < -0.39 is 5.97 Å². The van der Waals surface area contributed by atoms with Gasteiger partial charge in [-0.1, -0.05) is 6.07 Å². The molecular weight excluding hydrogens is 334 g/mol. The number of piperazine rings is 1. The van der Waals surface area contributed by atoms with Crippen molar-refractivity contribution in [2.24, 2.45) is 0 Å². The van der Waals surface area contributed by atoms with Crippen molar-refractivity contribution >= 4 is 11.8 Å². The van der Waals surface area contributed by atoms with E-state index in [2.05, 4.69) is 33.8 Å². The Kier molecular flexibility index (Phi) is 4.38. The number of nitrogens with zero attached hydrogens (tertiary/aromatic N) is 3. The van der Waals surface area contributed by atoms with Crippen molar-refractivity contribution < 1.29 is 19.4 Å². The van der Waals surface area contributed by atoms with E-state index in [1.165, 1.54) is 11.8 Å². The maximum atomic E-state index is 10.9. The van der Waals surface area contributed by atoms with Gasteiger partial charge in [0.05, 0.1) is 5.56 Å². The molecule has 0 bridgehead atoms. The second-order valence-electron chi connectivity index (χ2n) is 6.52. The Balaban J connectivity index is 1.39. The Bertz CT molecular complexity index is 801. The standard InChI is InChI=1S/C19H21N3O4/c1-13(14-2-4-16-17(10-14)26-12-25-16)21-6-8-22(9-7-21)18-5-3-15(11-20-18)19(23)24/h2-5,10-11,13H,6-9,12H2,1H3,(H,23,24). The number of hydrogen-bond donors (Lipinski definition) is 1. The second-order valence-corrected chi connectivity index (χ2v) is 6.52. The first kappa shape index (κ1) is 16.7. The van der Waals surface area contributed by atoms with Crippen LogP contribution < -0.4 is 14.4 Å². The van der Waals surface area contributed by atoms with E-state index in [0.29, 0.717) is 6.79 Å². The van der Waals surface area contributed by atoms with Gasteiger partial charge in [0.15, 0.2) is 11.5 Å². The number of aromatic nitrogens is 1. The van der Waals surface area contributed by atoms with E-state index in [9.17, 15) is 4.79 Å². The van der Waals surface area contributed by atoms with Crippen LogP contribution in [0.2, 0.25) is 0 Å². The lowest BCUT2D eigenvalue weighted by atomic mass is 10.1. The highest BCUT2D eigenvalue weighted by Crippen LogP contribution is 2.35. The highest BCUT2D eigenvalue weighted by Gasteiger charge is 2.24. The van der Waals surface area contributed by atoms with Gasteiger partial charge in [-0.3, -0.25) is 4.90 Å². The summed E-state index contributed by atoms with van der Waals surface area (Å²) in [4.78, 5) is 19.8. The van der Waals surface area contributed by atoms with E-state index in [1.807, 2.05) is 6.07 Å². The van der Waals surface area contributed by atoms with Crippen molar-refractivity contribution in [2.75, 3.05) is 37.9 Å². The molecule has 7 heteroatoms. The highest BCUT2D eigenvalue weighted by atomic mass is 16.7. The third kappa shape index (κ3) is 3.17. The molecule has 2 aliphatic rings. The normalized spacial score (nSPS) is 18.0. The van der Waals surface area contributed by atoms with E-state index in [0.717, 1.165) is 43.5 Å². The molecule has 1 saturated heterocycles. The van der Waals surface area contributed by atoms with Crippen LogP contribution in [0, 0.1) is 0 Å². The fraction of sp³-hybridized carbons (Fsp3) is 0.368. The molecule has 0 radical (unpaired) electrons. The molecule has 1 unspecified atom stereocenters. The number of hydrogen-bond acceptors (Lipinski definition) is 6. The van der Waals surface area contributed by atoms with Crippen LogP contribution in [-0.2, 0) is 0 Å². The quantitative estimate of drug-likeness (QED) is 0.902. The maximum Gasteiger partial charge on any atom is 0.337 e. The van der Waals surface area contributed by atoms with Crippen LogP contribution in [0.3, 0.4) is 0 Å². The lowest BCUT2D eigenvalue weighted by molar-refractivity contribution is 0.0696. The van der Waals surface area contributed by atoms with Gasteiger partial charge in [0.2, 0.25) is 6.79 Å². The van der Waals surface area contributed by atoms with Crippen LogP contribution in [0.25, 0.3) is 0 Å². The maximum absolute atomic E-state index is 10.9. The number of pyridine rings is 1. The van der Waals surface area contributed by atoms with Crippen LogP contribution in [0.5, 0.6) is 11.5 Å². The first-order valence-corrected chi connectivity index (χ1v) is 8.70. The van der Waals surface area contributed by atoms with Crippen molar-refractivity contribution in [3.05, 3.63) is 47.7 Å². The minimum atomic E-state index is -0.952. The van der Waals surface area contributed by atoms with Gasteiger partial charge in [-0.2, -0.15) is 0 Å². The summed E-state index contributed by atoms with van der Waals surface area (Å²) in [5, 5.41) is 8.97. The average molecular weight is 355 g/mol. The Morgan fingerprint density at radius 2 is 1.88 bits per heavy atom. The van der Waals surface area contributed by atoms with Gasteiger partial charge in [-0.05, 0) is 36.8 Å². The lowest BCUT2D eigenvalue weighted by Gasteiger charge is -2.38. The summed E-state index contributed by atoms with van der Waals surface area (Å²) in [5.41, 5.74) is 1.43. The van der Waals surface area contributed by atoms with E-state index in [1.54, 1.807) is 12.1 Å². The largest absolute Gasteiger partial charge is 0.478 e. The number of ether oxygens (including phenoxy) is 2. The molecule has 0 spiro atoms. The van der Waals surface area contributed by atoms with Gasteiger partial charge in [-0.25, -0.2) is 9.78 Å². The number of fused-ring (bicyclic) bond motifs is 1. The minimum Gasteiger partial charge on any atom is -0.478 e. The number of rotatable bonds is 4. The summed E-state index contributed by atoms with van der Waals surface area (Å²) >= 11 is 0. The van der Waals surface area contributed by atoms with Crippen molar-refractivity contribution in [3.63, 3.8) is 0 Å². The Hall–Kier alpha value is -2.80.